The molecule has 1 saturated heterocycles. The largest absolute Gasteiger partial charge is 0.491 e. The molecule has 2 aliphatic rings. The van der Waals surface area contributed by atoms with E-state index in [1.54, 1.807) is 0 Å². The highest BCUT2D eigenvalue weighted by Crippen LogP contribution is 2.48. The third kappa shape index (κ3) is 3.14. The van der Waals surface area contributed by atoms with E-state index in [-0.39, 0.29) is 0 Å². The molecule has 0 atom stereocenters. The number of carboxylic acid groups (broad SMARTS) is 1. The lowest BCUT2D eigenvalue weighted by Gasteiger charge is -2.32. The van der Waals surface area contributed by atoms with E-state index in [1.807, 2.05) is 58.0 Å². The summed E-state index contributed by atoms with van der Waals surface area (Å²) in [6.07, 6.45) is 3.38. The van der Waals surface area contributed by atoms with Crippen LogP contribution < -0.4 is 5.73 Å². The summed E-state index contributed by atoms with van der Waals surface area (Å²) in [4.78, 5) is 11.4. The van der Waals surface area contributed by atoms with Crippen LogP contribution in [0, 0.1) is 0 Å². The first kappa shape index (κ1) is 18.2. The van der Waals surface area contributed by atoms with Crippen LogP contribution in [0.3, 0.4) is 0 Å². The van der Waals surface area contributed by atoms with Crippen LogP contribution in [0.25, 0.3) is 6.08 Å². The number of hydrogen-bond donors (Lipinski definition) is 2. The number of nitrogens with two attached hydrogens (primary N) is 1. The van der Waals surface area contributed by atoms with Crippen molar-refractivity contribution in [1.29, 1.82) is 0 Å². The molecule has 1 aromatic carbocycles. The molecule has 1 heterocycles. The molecule has 6 heteroatoms. The maximum atomic E-state index is 11.4. The molecule has 0 unspecified atom stereocenters. The summed E-state index contributed by atoms with van der Waals surface area (Å²) < 4.78 is 12.1. The van der Waals surface area contributed by atoms with Gasteiger partial charge in [-0.3, -0.25) is 4.79 Å². The Bertz CT molecular complexity index is 689. The lowest BCUT2D eigenvalue weighted by molar-refractivity contribution is -0.140. The maximum absolute atomic E-state index is 11.4. The van der Waals surface area contributed by atoms with E-state index in [1.165, 1.54) is 0 Å². The van der Waals surface area contributed by atoms with Gasteiger partial charge in [0.15, 0.2) is 0 Å². The molecule has 0 aromatic heterocycles. The number of carboxylic acids is 1. The van der Waals surface area contributed by atoms with Crippen molar-refractivity contribution < 1.29 is 19.2 Å². The summed E-state index contributed by atoms with van der Waals surface area (Å²) in [6, 6.07) is 7.65. The van der Waals surface area contributed by atoms with Crippen LogP contribution in [0.15, 0.2) is 29.7 Å². The van der Waals surface area contributed by atoms with Crippen LogP contribution in [0.5, 0.6) is 0 Å². The highest BCUT2D eigenvalue weighted by atomic mass is 16.7. The smallest absolute Gasteiger partial charge is 0.481 e. The van der Waals surface area contributed by atoms with Crippen molar-refractivity contribution >= 4 is 19.2 Å². The third-order valence-corrected chi connectivity index (χ3v) is 5.77. The topological polar surface area (TPSA) is 81.8 Å². The molecule has 0 amide bonds. The number of hydrogen-bond acceptors (Lipinski definition) is 4. The molecule has 0 spiro atoms. The monoisotopic (exact) mass is 343 g/mol. The van der Waals surface area contributed by atoms with E-state index in [9.17, 15) is 9.90 Å². The Morgan fingerprint density at radius 1 is 1.16 bits per heavy atom. The molecule has 0 radical (unpaired) electrons. The molecular weight excluding hydrogens is 317 g/mol. The second kappa shape index (κ2) is 5.97. The summed E-state index contributed by atoms with van der Waals surface area (Å²) in [6.45, 7) is 8.37. The number of aliphatic carboxylic acids is 1. The van der Waals surface area contributed by atoms with Gasteiger partial charge in [-0.1, -0.05) is 30.3 Å². The second-order valence-corrected chi connectivity index (χ2v) is 8.02. The van der Waals surface area contributed by atoms with Gasteiger partial charge in [-0.15, -0.1) is 0 Å². The van der Waals surface area contributed by atoms with E-state index in [4.69, 9.17) is 15.0 Å². The van der Waals surface area contributed by atoms with Crippen molar-refractivity contribution in [2.45, 2.75) is 57.2 Å². The Morgan fingerprint density at radius 3 is 2.08 bits per heavy atom. The Balaban J connectivity index is 1.81. The van der Waals surface area contributed by atoms with E-state index < -0.39 is 29.7 Å². The van der Waals surface area contributed by atoms with Gasteiger partial charge in [-0.25, -0.2) is 0 Å². The van der Waals surface area contributed by atoms with Crippen molar-refractivity contribution in [3.63, 3.8) is 0 Å². The van der Waals surface area contributed by atoms with Gasteiger partial charge >= 0.3 is 13.1 Å². The predicted octanol–water partition coefficient (Wildman–Crippen LogP) is 2.78. The molecule has 1 aliphatic carbocycles. The first-order valence-electron chi connectivity index (χ1n) is 8.71. The van der Waals surface area contributed by atoms with Gasteiger partial charge in [0.1, 0.15) is 0 Å². The molecule has 0 bridgehead atoms. The molecule has 1 aromatic rings. The predicted molar refractivity (Wildman–Crippen MR) is 98.1 cm³/mol. The standard InChI is InChI=1S/C19H26BNO4/c1-17(2)18(3,4)25-20(24-17)15(12-21)11-13-5-7-14(8-6-13)19(9-10-19)16(22)23/h5-8,11H,9-10,12,21H2,1-4H3,(H,22,23). The molecule has 1 saturated carbocycles. The minimum atomic E-state index is -0.740. The molecule has 3 N–H and O–H groups in total. The SMILES string of the molecule is CC1(C)OB(C(=Cc2ccc(C3(C(=O)O)CC3)cc2)CN)OC1(C)C. The van der Waals surface area contributed by atoms with Crippen LogP contribution in [0.4, 0.5) is 0 Å². The van der Waals surface area contributed by atoms with Gasteiger partial charge in [0.2, 0.25) is 0 Å². The van der Waals surface area contributed by atoms with E-state index >= 15 is 0 Å². The van der Waals surface area contributed by atoms with E-state index in [0.717, 1.165) is 16.6 Å². The summed E-state index contributed by atoms with van der Waals surface area (Å²) >= 11 is 0. The third-order valence-electron chi connectivity index (χ3n) is 5.77. The van der Waals surface area contributed by atoms with Crippen LogP contribution in [-0.4, -0.2) is 35.9 Å². The van der Waals surface area contributed by atoms with E-state index in [2.05, 4.69) is 0 Å². The van der Waals surface area contributed by atoms with Crippen LogP contribution >= 0.6 is 0 Å². The quantitative estimate of drug-likeness (QED) is 0.804. The van der Waals surface area contributed by atoms with Crippen molar-refractivity contribution in [3.8, 4) is 0 Å². The normalized spacial score (nSPS) is 23.6. The first-order chi connectivity index (χ1) is 11.6. The lowest BCUT2D eigenvalue weighted by Crippen LogP contribution is -2.41. The van der Waals surface area contributed by atoms with Crippen LogP contribution in [-0.2, 0) is 19.5 Å². The Hall–Kier alpha value is -1.63. The maximum Gasteiger partial charge on any atom is 0.491 e. The molecule has 1 aliphatic heterocycles. The van der Waals surface area contributed by atoms with Crippen molar-refractivity contribution in [2.75, 3.05) is 6.54 Å². The molecule has 134 valence electrons. The zero-order valence-electron chi connectivity index (χ0n) is 15.3. The second-order valence-electron chi connectivity index (χ2n) is 8.02. The zero-order valence-corrected chi connectivity index (χ0v) is 15.3. The fourth-order valence-corrected chi connectivity index (χ4v) is 3.08. The fourth-order valence-electron chi connectivity index (χ4n) is 3.08. The summed E-state index contributed by atoms with van der Waals surface area (Å²) in [7, 11) is -0.469. The average Bonchev–Trinajstić information content (AvgIpc) is 3.30. The minimum absolute atomic E-state index is 0.331. The van der Waals surface area contributed by atoms with Crippen molar-refractivity contribution in [2.24, 2.45) is 5.73 Å². The molecule has 5 nitrogen and oxygen atoms in total. The van der Waals surface area contributed by atoms with Crippen LogP contribution in [0.2, 0.25) is 0 Å². The Labute approximate surface area is 149 Å². The van der Waals surface area contributed by atoms with Gasteiger partial charge in [0, 0.05) is 6.54 Å². The Kier molecular flexibility index (Phi) is 4.34. The van der Waals surface area contributed by atoms with Crippen molar-refractivity contribution in [1.82, 2.24) is 0 Å². The number of rotatable bonds is 5. The highest BCUT2D eigenvalue weighted by molar-refractivity contribution is 6.55. The fraction of sp³-hybridized carbons (Fsp3) is 0.526. The molecule has 25 heavy (non-hydrogen) atoms. The molecular formula is C19H26BNO4. The summed E-state index contributed by atoms with van der Waals surface area (Å²) in [5, 5.41) is 9.39. The lowest BCUT2D eigenvalue weighted by atomic mass is 9.77. The van der Waals surface area contributed by atoms with Crippen molar-refractivity contribution in [3.05, 3.63) is 40.9 Å². The first-order valence-corrected chi connectivity index (χ1v) is 8.71. The summed E-state index contributed by atoms with van der Waals surface area (Å²) in [5.41, 5.74) is 7.12. The Morgan fingerprint density at radius 2 is 1.68 bits per heavy atom. The van der Waals surface area contributed by atoms with Gasteiger partial charge in [0.25, 0.3) is 0 Å². The minimum Gasteiger partial charge on any atom is -0.481 e. The molecule has 3 rings (SSSR count). The van der Waals surface area contributed by atoms with Crippen LogP contribution in [0.1, 0.15) is 51.7 Å². The van der Waals surface area contributed by atoms with Gasteiger partial charge < -0.3 is 20.1 Å². The van der Waals surface area contributed by atoms with Gasteiger partial charge in [-0.2, -0.15) is 0 Å². The average molecular weight is 343 g/mol. The summed E-state index contributed by atoms with van der Waals surface area (Å²) in [5.74, 6) is -0.740. The number of benzene rings is 1. The van der Waals surface area contributed by atoms with Gasteiger partial charge in [0.05, 0.1) is 16.6 Å². The zero-order chi connectivity index (χ0) is 18.5. The number of carbonyl (C=O) groups is 1. The molecule has 2 fully saturated rings. The van der Waals surface area contributed by atoms with E-state index in [0.29, 0.717) is 19.4 Å². The van der Waals surface area contributed by atoms with Gasteiger partial charge in [-0.05, 0) is 57.1 Å². The highest BCUT2D eigenvalue weighted by Gasteiger charge is 2.52.